The van der Waals surface area contributed by atoms with Gasteiger partial charge in [0.25, 0.3) is 0 Å². The highest BCUT2D eigenvalue weighted by Gasteiger charge is 2.19. The molecule has 2 rings (SSSR count). The predicted molar refractivity (Wildman–Crippen MR) is 81.4 cm³/mol. The molecule has 4 nitrogen and oxygen atoms in total. The van der Waals surface area contributed by atoms with Crippen LogP contribution in [0.25, 0.3) is 0 Å². The van der Waals surface area contributed by atoms with Crippen LogP contribution in [0.3, 0.4) is 0 Å². The summed E-state index contributed by atoms with van der Waals surface area (Å²) in [6, 6.07) is 6.54. The zero-order chi connectivity index (χ0) is 14.7. The molecule has 0 fully saturated rings. The smallest absolute Gasteiger partial charge is 0.137 e. The molecule has 0 aliphatic carbocycles. The van der Waals surface area contributed by atoms with E-state index in [-0.39, 0.29) is 0 Å². The third kappa shape index (κ3) is 3.16. The zero-order valence-electron chi connectivity index (χ0n) is 10.5. The van der Waals surface area contributed by atoms with Gasteiger partial charge in [-0.25, -0.2) is 5.43 Å². The summed E-state index contributed by atoms with van der Waals surface area (Å²) in [4.78, 5) is 4.22. The molecule has 0 aliphatic heterocycles. The van der Waals surface area contributed by atoms with Crippen molar-refractivity contribution >= 4 is 34.8 Å². The maximum atomic E-state index is 6.16. The van der Waals surface area contributed by atoms with Gasteiger partial charge >= 0.3 is 0 Å². The number of nitrogens with one attached hydrogen (secondary N) is 1. The fraction of sp³-hybridized carbons (Fsp3) is 0.154. The predicted octanol–water partition coefficient (Wildman–Crippen LogP) is 3.60. The summed E-state index contributed by atoms with van der Waals surface area (Å²) in [5.74, 6) is 6.17. The third-order valence-corrected chi connectivity index (χ3v) is 3.61. The Morgan fingerprint density at radius 3 is 2.55 bits per heavy atom. The van der Waals surface area contributed by atoms with Crippen molar-refractivity contribution in [1.82, 2.24) is 10.4 Å². The Labute approximate surface area is 131 Å². The Morgan fingerprint density at radius 1 is 1.20 bits per heavy atom. The number of hydrogen-bond acceptors (Lipinski definition) is 4. The first-order valence-electron chi connectivity index (χ1n) is 5.67. The molecule has 1 heterocycles. The zero-order valence-corrected chi connectivity index (χ0v) is 12.8. The fourth-order valence-corrected chi connectivity index (χ4v) is 2.51. The normalized spacial score (nSPS) is 12.2. The van der Waals surface area contributed by atoms with E-state index in [4.69, 9.17) is 45.4 Å². The molecule has 0 radical (unpaired) electrons. The third-order valence-electron chi connectivity index (χ3n) is 2.78. The van der Waals surface area contributed by atoms with Crippen LogP contribution in [0.4, 0.5) is 0 Å². The molecule has 0 amide bonds. The van der Waals surface area contributed by atoms with E-state index < -0.39 is 6.04 Å². The van der Waals surface area contributed by atoms with Crippen molar-refractivity contribution in [2.45, 2.75) is 6.04 Å². The first-order chi connectivity index (χ1) is 9.56. The van der Waals surface area contributed by atoms with Crippen LogP contribution in [0.5, 0.6) is 5.75 Å². The molecule has 0 saturated heterocycles. The largest absolute Gasteiger partial charge is 0.495 e. The van der Waals surface area contributed by atoms with Crippen molar-refractivity contribution in [3.8, 4) is 5.75 Å². The number of rotatable bonds is 4. The van der Waals surface area contributed by atoms with Crippen molar-refractivity contribution < 1.29 is 4.74 Å². The SMILES string of the molecule is COc1cc(C(NN)c2ncc(Cl)cc2Cl)ccc1Cl. The lowest BCUT2D eigenvalue weighted by molar-refractivity contribution is 0.414. The number of ether oxygens (including phenoxy) is 1. The van der Waals surface area contributed by atoms with E-state index in [1.54, 1.807) is 25.3 Å². The van der Waals surface area contributed by atoms with Crippen molar-refractivity contribution in [1.29, 1.82) is 0 Å². The molecule has 0 aliphatic rings. The topological polar surface area (TPSA) is 60.2 Å². The highest BCUT2D eigenvalue weighted by Crippen LogP contribution is 2.32. The highest BCUT2D eigenvalue weighted by atomic mass is 35.5. The van der Waals surface area contributed by atoms with E-state index in [1.807, 2.05) is 6.07 Å². The number of benzene rings is 1. The summed E-state index contributed by atoms with van der Waals surface area (Å²) >= 11 is 18.0. The van der Waals surface area contributed by atoms with Crippen LogP contribution < -0.4 is 16.0 Å². The molecule has 3 N–H and O–H groups in total. The van der Waals surface area contributed by atoms with Gasteiger partial charge in [0.2, 0.25) is 0 Å². The van der Waals surface area contributed by atoms with E-state index in [0.29, 0.717) is 26.5 Å². The van der Waals surface area contributed by atoms with Crippen LogP contribution in [0, 0.1) is 0 Å². The van der Waals surface area contributed by atoms with Gasteiger partial charge in [-0.15, -0.1) is 0 Å². The van der Waals surface area contributed by atoms with Crippen LogP contribution in [-0.2, 0) is 0 Å². The summed E-state index contributed by atoms with van der Waals surface area (Å²) in [5, 5.41) is 1.40. The maximum Gasteiger partial charge on any atom is 0.137 e. The molecule has 1 aromatic carbocycles. The molecule has 1 aromatic heterocycles. The summed E-state index contributed by atoms with van der Waals surface area (Å²) in [7, 11) is 1.55. The number of pyridine rings is 1. The van der Waals surface area contributed by atoms with E-state index >= 15 is 0 Å². The van der Waals surface area contributed by atoms with Gasteiger partial charge < -0.3 is 4.74 Å². The molecule has 2 aromatic rings. The van der Waals surface area contributed by atoms with Gasteiger partial charge in [0.05, 0.1) is 33.9 Å². The van der Waals surface area contributed by atoms with Crippen LogP contribution in [0.2, 0.25) is 15.1 Å². The van der Waals surface area contributed by atoms with Crippen LogP contribution in [0.1, 0.15) is 17.3 Å². The molecule has 20 heavy (non-hydrogen) atoms. The van der Waals surface area contributed by atoms with Gasteiger partial charge in [0, 0.05) is 6.20 Å². The monoisotopic (exact) mass is 331 g/mol. The molecule has 1 atom stereocenters. The van der Waals surface area contributed by atoms with Crippen molar-refractivity contribution in [2.24, 2.45) is 5.84 Å². The van der Waals surface area contributed by atoms with E-state index in [2.05, 4.69) is 10.4 Å². The number of nitrogens with two attached hydrogens (primary N) is 1. The number of hydrazine groups is 1. The quantitative estimate of drug-likeness (QED) is 0.663. The van der Waals surface area contributed by atoms with Crippen molar-refractivity contribution in [3.63, 3.8) is 0 Å². The number of aromatic nitrogens is 1. The lowest BCUT2D eigenvalue weighted by Crippen LogP contribution is -2.29. The highest BCUT2D eigenvalue weighted by molar-refractivity contribution is 6.34. The van der Waals surface area contributed by atoms with Gasteiger partial charge in [-0.2, -0.15) is 0 Å². The van der Waals surface area contributed by atoms with E-state index in [0.717, 1.165) is 5.56 Å². The minimum absolute atomic E-state index is 0.397. The second kappa shape index (κ2) is 6.61. The van der Waals surface area contributed by atoms with E-state index in [1.165, 1.54) is 6.20 Å². The van der Waals surface area contributed by atoms with Gasteiger partial charge in [0.1, 0.15) is 5.75 Å². The maximum absolute atomic E-state index is 6.16. The molecular formula is C13H12Cl3N3O. The molecule has 0 spiro atoms. The van der Waals surface area contributed by atoms with Crippen LogP contribution in [-0.4, -0.2) is 12.1 Å². The summed E-state index contributed by atoms with van der Waals surface area (Å²) in [5.41, 5.74) is 4.07. The first kappa shape index (κ1) is 15.4. The Morgan fingerprint density at radius 2 is 1.95 bits per heavy atom. The molecule has 0 saturated carbocycles. The van der Waals surface area contributed by atoms with Crippen molar-refractivity contribution in [2.75, 3.05) is 7.11 Å². The van der Waals surface area contributed by atoms with Gasteiger partial charge in [-0.1, -0.05) is 40.9 Å². The van der Waals surface area contributed by atoms with E-state index in [9.17, 15) is 0 Å². The minimum Gasteiger partial charge on any atom is -0.495 e. The second-order valence-electron chi connectivity index (χ2n) is 4.01. The van der Waals surface area contributed by atoms with Crippen molar-refractivity contribution in [3.05, 3.63) is 56.8 Å². The number of halogens is 3. The average Bonchev–Trinajstić information content (AvgIpc) is 2.43. The van der Waals surface area contributed by atoms with Gasteiger partial charge in [-0.05, 0) is 23.8 Å². The Kier molecular flexibility index (Phi) is 5.07. The van der Waals surface area contributed by atoms with Crippen LogP contribution >= 0.6 is 34.8 Å². The number of methoxy groups -OCH3 is 1. The molecule has 0 bridgehead atoms. The molecule has 106 valence electrons. The average molecular weight is 333 g/mol. The minimum atomic E-state index is -0.397. The lowest BCUT2D eigenvalue weighted by atomic mass is 10.0. The Balaban J connectivity index is 2.46. The Bertz CT molecular complexity index is 622. The first-order valence-corrected chi connectivity index (χ1v) is 6.80. The summed E-state index contributed by atoms with van der Waals surface area (Å²) in [6.07, 6.45) is 1.51. The fourth-order valence-electron chi connectivity index (χ4n) is 1.83. The van der Waals surface area contributed by atoms with Crippen LogP contribution in [0.15, 0.2) is 30.5 Å². The number of hydrogen-bond donors (Lipinski definition) is 2. The van der Waals surface area contributed by atoms with Gasteiger partial charge in [-0.3, -0.25) is 10.8 Å². The standard InChI is InChI=1S/C13H12Cl3N3O/c1-20-11-4-7(2-3-9(11)15)12(19-17)13-10(16)5-8(14)6-18-13/h2-6,12,19H,17H2,1H3. The summed E-state index contributed by atoms with van der Waals surface area (Å²) in [6.45, 7) is 0. The summed E-state index contributed by atoms with van der Waals surface area (Å²) < 4.78 is 5.19. The second-order valence-corrected chi connectivity index (χ2v) is 5.27. The number of nitrogens with zero attached hydrogens (tertiary/aromatic N) is 1. The van der Waals surface area contributed by atoms with Gasteiger partial charge in [0.15, 0.2) is 0 Å². The Hall–Kier alpha value is -1.04. The molecule has 7 heteroatoms. The lowest BCUT2D eigenvalue weighted by Gasteiger charge is -2.18. The molecule has 1 unspecified atom stereocenters. The molecular weight excluding hydrogens is 321 g/mol.